The van der Waals surface area contributed by atoms with Crippen molar-refractivity contribution in [3.63, 3.8) is 0 Å². The fourth-order valence-corrected chi connectivity index (χ4v) is 12.8. The Morgan fingerprint density at radius 1 is 0.593 bits per heavy atom. The van der Waals surface area contributed by atoms with E-state index in [1.807, 2.05) is 59.7 Å². The van der Waals surface area contributed by atoms with Crippen molar-refractivity contribution in [1.29, 1.82) is 0 Å². The van der Waals surface area contributed by atoms with Gasteiger partial charge in [-0.2, -0.15) is 9.97 Å². The predicted molar refractivity (Wildman–Crippen MR) is 344 cm³/mol. The molecule has 2 saturated carbocycles. The van der Waals surface area contributed by atoms with Crippen LogP contribution in [0.1, 0.15) is 164 Å². The zero-order valence-electron chi connectivity index (χ0n) is 53.9. The number of ether oxygens (including phenoxy) is 4. The maximum atomic E-state index is 13.0. The van der Waals surface area contributed by atoms with Gasteiger partial charge in [-0.1, -0.05) is 25.7 Å². The summed E-state index contributed by atoms with van der Waals surface area (Å²) in [6.45, 7) is 14.0. The molecule has 0 radical (unpaired) electrons. The highest BCUT2D eigenvalue weighted by atomic mass is 35.5. The number of amides is 6. The third-order valence-electron chi connectivity index (χ3n) is 17.2. The molecule has 3 N–H and O–H groups in total. The van der Waals surface area contributed by atoms with Crippen LogP contribution in [0.5, 0.6) is 0 Å². The molecule has 488 valence electrons. The number of rotatable bonds is 8. The summed E-state index contributed by atoms with van der Waals surface area (Å²) in [4.78, 5) is 112. The number of carbonyl (C=O) groups is 6. The van der Waals surface area contributed by atoms with Gasteiger partial charge in [0.05, 0.1) is 36.9 Å². The Kier molecular flexibility index (Phi) is 19.2. The average Bonchev–Trinajstić information content (AvgIpc) is 1.65. The first-order valence-electron chi connectivity index (χ1n) is 31.4. The first-order valence-corrected chi connectivity index (χ1v) is 31.8. The average molecular weight is 1270 g/mol. The van der Waals surface area contributed by atoms with E-state index in [1.165, 1.54) is 12.8 Å². The summed E-state index contributed by atoms with van der Waals surface area (Å²) in [6.07, 6.45) is 17.9. The molecular formula is C64H85ClN16O10. The van der Waals surface area contributed by atoms with E-state index in [2.05, 4.69) is 39.4 Å². The van der Waals surface area contributed by atoms with Crippen LogP contribution in [-0.4, -0.2) is 185 Å². The molecule has 27 heteroatoms. The van der Waals surface area contributed by atoms with Crippen molar-refractivity contribution < 1.29 is 47.7 Å². The van der Waals surface area contributed by atoms with Crippen molar-refractivity contribution >= 4 is 98.8 Å². The lowest BCUT2D eigenvalue weighted by molar-refractivity contribution is 0.0202. The fourth-order valence-electron chi connectivity index (χ4n) is 12.7. The van der Waals surface area contributed by atoms with Gasteiger partial charge < -0.3 is 58.7 Å². The minimum atomic E-state index is -0.672. The van der Waals surface area contributed by atoms with E-state index in [0.717, 1.165) is 67.0 Å². The van der Waals surface area contributed by atoms with Gasteiger partial charge in [0.15, 0.2) is 0 Å². The topological polar surface area (TPSA) is 284 Å². The molecule has 6 fully saturated rings. The second-order valence-electron chi connectivity index (χ2n) is 26.8. The van der Waals surface area contributed by atoms with Crippen LogP contribution in [0.4, 0.5) is 48.1 Å². The molecule has 91 heavy (non-hydrogen) atoms. The lowest BCUT2D eigenvalue weighted by atomic mass is 9.95. The van der Waals surface area contributed by atoms with E-state index in [-0.39, 0.29) is 41.4 Å². The van der Waals surface area contributed by atoms with E-state index in [9.17, 15) is 28.8 Å². The Hall–Kier alpha value is -8.55. The number of nitrogens with two attached hydrogens (primary N) is 1. The molecule has 4 aliphatic heterocycles. The van der Waals surface area contributed by atoms with Gasteiger partial charge in [0.25, 0.3) is 11.8 Å². The number of fused-ring (bicyclic) bond motifs is 2. The first kappa shape index (κ1) is 65.4. The maximum Gasteiger partial charge on any atom is 0.415 e. The first-order chi connectivity index (χ1) is 43.2. The summed E-state index contributed by atoms with van der Waals surface area (Å²) in [7, 11) is 7.03. The molecule has 0 unspecified atom stereocenters. The van der Waals surface area contributed by atoms with Crippen LogP contribution in [0.3, 0.4) is 0 Å². The molecule has 6 aromatic rings. The van der Waals surface area contributed by atoms with Crippen LogP contribution < -0.4 is 20.9 Å². The maximum absolute atomic E-state index is 13.0. The SMILES string of the molecule is CC(C)(C)OC(=O)N1CCC[C@@]2(CC1)CN(c1ccc(N)nc1)C(=O)O2.CN(C)C(=O)c1cc2cnc(Cl)nc2n1C1CCCC1.CN(C)C(=O)c1cc2cnc(Nc3ccc(N4C[C@]5(CCCN(C(=O)OC(C)(C)C)CC5)OC4=O)cn3)nc2n1C1CCCC1. The Labute approximate surface area is 535 Å². The fraction of sp³-hybridized carbons (Fsp3) is 0.562. The summed E-state index contributed by atoms with van der Waals surface area (Å²) >= 11 is 5.92. The number of halogens is 1. The van der Waals surface area contributed by atoms with Crippen molar-refractivity contribution in [3.8, 4) is 0 Å². The standard InChI is InChI=1S/C32H42N8O5.C18H26N4O4.C14H17ClN4O/c1-31(2,3)44-29(42)38-15-8-13-32(14-16-38)20-39(30(43)45-32)23-11-12-25(33-19-23)35-28-34-18-21-17-24(27(41)37(4)5)40(26(21)36-28)22-9-6-7-10-22;1-17(2,3)25-15(23)21-9-4-7-18(8-10-21)12-22(16(24)26-18)13-5-6-14(19)20-11-13;1-18(2)13(20)11-7-9-8-16-14(15)17-12(9)19(11)10-5-3-4-6-10/h11-12,17-19,22H,6-10,13-16,20H2,1-5H3,(H,33,34,35,36);5-6,11H,4,7-10,12H2,1-3H3,(H2,19,20);7-8,10H,3-6H2,1-2H3/t32-;18-;/m11./s1. The van der Waals surface area contributed by atoms with Gasteiger partial charge >= 0.3 is 24.4 Å². The quantitative estimate of drug-likeness (QED) is 0.106. The lowest BCUT2D eigenvalue weighted by Gasteiger charge is -2.27. The van der Waals surface area contributed by atoms with E-state index in [1.54, 1.807) is 101 Å². The van der Waals surface area contributed by atoms with Gasteiger partial charge in [-0.25, -0.2) is 39.1 Å². The van der Waals surface area contributed by atoms with Crippen LogP contribution in [-0.2, 0) is 18.9 Å². The molecule has 2 spiro atoms. The summed E-state index contributed by atoms with van der Waals surface area (Å²) < 4.78 is 26.8. The second-order valence-corrected chi connectivity index (χ2v) is 27.2. The molecular weight excluding hydrogens is 1190 g/mol. The number of nitrogens with one attached hydrogen (secondary N) is 1. The van der Waals surface area contributed by atoms with Crippen molar-refractivity contribution in [3.05, 3.63) is 77.9 Å². The Morgan fingerprint density at radius 3 is 1.47 bits per heavy atom. The Morgan fingerprint density at radius 2 is 1.04 bits per heavy atom. The minimum absolute atomic E-state index is 0.00831. The molecule has 0 bridgehead atoms. The third kappa shape index (κ3) is 15.3. The zero-order chi connectivity index (χ0) is 65.2. The van der Waals surface area contributed by atoms with Crippen molar-refractivity contribution in [2.75, 3.05) is 88.3 Å². The molecule has 2 aliphatic carbocycles. The number of hydrogen-bond acceptors (Lipinski definition) is 18. The Balaban J connectivity index is 0.000000166. The second kappa shape index (κ2) is 26.7. The molecule has 6 aromatic heterocycles. The summed E-state index contributed by atoms with van der Waals surface area (Å²) in [5, 5.41) is 5.08. The van der Waals surface area contributed by atoms with Gasteiger partial charge in [-0.05, 0) is 141 Å². The van der Waals surface area contributed by atoms with Crippen LogP contribution in [0.2, 0.25) is 5.28 Å². The highest BCUT2D eigenvalue weighted by Crippen LogP contribution is 2.40. The van der Waals surface area contributed by atoms with Gasteiger partial charge in [0, 0.05) is 102 Å². The van der Waals surface area contributed by atoms with Crippen LogP contribution in [0.25, 0.3) is 22.1 Å². The highest BCUT2D eigenvalue weighted by Gasteiger charge is 2.49. The molecule has 2 atom stereocenters. The number of likely N-dealkylation sites (tertiary alicyclic amines) is 2. The van der Waals surface area contributed by atoms with E-state index in [0.29, 0.717) is 118 Å². The summed E-state index contributed by atoms with van der Waals surface area (Å²) in [6, 6.07) is 11.3. The molecule has 26 nitrogen and oxygen atoms in total. The highest BCUT2D eigenvalue weighted by molar-refractivity contribution is 6.28. The summed E-state index contributed by atoms with van der Waals surface area (Å²) in [5.41, 5.74) is 7.32. The van der Waals surface area contributed by atoms with Crippen molar-refractivity contribution in [2.24, 2.45) is 0 Å². The number of aromatic nitrogens is 8. The number of nitrogen functional groups attached to an aromatic ring is 1. The molecule has 6 aliphatic rings. The third-order valence-corrected chi connectivity index (χ3v) is 17.4. The van der Waals surface area contributed by atoms with Gasteiger partial charge in [-0.15, -0.1) is 0 Å². The Bertz CT molecular complexity index is 3650. The van der Waals surface area contributed by atoms with Crippen LogP contribution >= 0.6 is 11.6 Å². The zero-order valence-corrected chi connectivity index (χ0v) is 54.6. The van der Waals surface area contributed by atoms with E-state index >= 15 is 0 Å². The molecule has 6 amide bonds. The number of anilines is 5. The minimum Gasteiger partial charge on any atom is -0.444 e. The summed E-state index contributed by atoms with van der Waals surface area (Å²) in [5.74, 6) is 1.23. The number of carbonyl (C=O) groups excluding carboxylic acids is 6. The van der Waals surface area contributed by atoms with Crippen molar-refractivity contribution in [2.45, 2.75) is 166 Å². The van der Waals surface area contributed by atoms with Gasteiger partial charge in [0.1, 0.15) is 56.7 Å². The van der Waals surface area contributed by atoms with Gasteiger partial charge in [0.2, 0.25) is 11.2 Å². The normalized spacial score (nSPS) is 20.6. The van der Waals surface area contributed by atoms with Crippen LogP contribution in [0.15, 0.2) is 61.2 Å². The van der Waals surface area contributed by atoms with Crippen molar-refractivity contribution in [1.82, 2.24) is 58.6 Å². The van der Waals surface area contributed by atoms with Crippen LogP contribution in [0, 0.1) is 0 Å². The largest absolute Gasteiger partial charge is 0.444 e. The molecule has 12 rings (SSSR count). The number of nitrogens with zero attached hydrogens (tertiary/aromatic N) is 14. The van der Waals surface area contributed by atoms with E-state index in [4.69, 9.17) is 41.3 Å². The number of pyridine rings is 2. The smallest absolute Gasteiger partial charge is 0.415 e. The lowest BCUT2D eigenvalue weighted by Crippen LogP contribution is -2.39. The molecule has 4 saturated heterocycles. The van der Waals surface area contributed by atoms with Gasteiger partial charge in [-0.3, -0.25) is 19.4 Å². The monoisotopic (exact) mass is 1270 g/mol. The number of hydrogen-bond donors (Lipinski definition) is 2. The molecule has 10 heterocycles. The molecule has 0 aromatic carbocycles. The van der Waals surface area contributed by atoms with E-state index < -0.39 is 28.5 Å². The predicted octanol–water partition coefficient (Wildman–Crippen LogP) is 11.2.